The molecule has 1 aliphatic heterocycles. The van der Waals surface area contributed by atoms with Gasteiger partial charge in [0.1, 0.15) is 23.7 Å². The van der Waals surface area contributed by atoms with Crippen LogP contribution in [0.15, 0.2) is 35.1 Å². The molecule has 1 aliphatic rings. The summed E-state index contributed by atoms with van der Waals surface area (Å²) in [4.78, 5) is 13.0. The smallest absolute Gasteiger partial charge is 0.131 e. The number of nitrogens with zero attached hydrogens (tertiary/aromatic N) is 4. The molecule has 3 heterocycles. The average molecular weight is 272 g/mol. The lowest BCUT2D eigenvalue weighted by molar-refractivity contribution is 0.291. The van der Waals surface area contributed by atoms with Gasteiger partial charge in [-0.15, -0.1) is 0 Å². The number of likely N-dealkylation sites (tertiary alicyclic amines) is 1. The molecule has 0 saturated carbocycles. The van der Waals surface area contributed by atoms with E-state index in [1.54, 1.807) is 12.5 Å². The zero-order chi connectivity index (χ0) is 13.9. The van der Waals surface area contributed by atoms with Gasteiger partial charge in [-0.3, -0.25) is 4.90 Å². The summed E-state index contributed by atoms with van der Waals surface area (Å²) < 4.78 is 5.65. The number of furan rings is 1. The SMILES string of the molecule is Cc1ccc(CN2CCC(N(C)c3ccncn3)C2)o1. The fourth-order valence-electron chi connectivity index (χ4n) is 2.74. The minimum atomic E-state index is 0.501. The molecule has 2 aromatic rings. The predicted molar refractivity (Wildman–Crippen MR) is 77.6 cm³/mol. The van der Waals surface area contributed by atoms with Crippen LogP contribution in [0.5, 0.6) is 0 Å². The van der Waals surface area contributed by atoms with E-state index in [2.05, 4.69) is 32.9 Å². The van der Waals surface area contributed by atoms with E-state index in [1.165, 1.54) is 0 Å². The zero-order valence-corrected chi connectivity index (χ0v) is 12.0. The van der Waals surface area contributed by atoms with Crippen LogP contribution in [0.2, 0.25) is 0 Å². The van der Waals surface area contributed by atoms with Gasteiger partial charge in [0.2, 0.25) is 0 Å². The monoisotopic (exact) mass is 272 g/mol. The molecule has 0 spiro atoms. The Kier molecular flexibility index (Phi) is 3.69. The molecule has 5 nitrogen and oxygen atoms in total. The standard InChI is InChI=1S/C15H20N4O/c1-12-3-4-14(20-12)10-19-8-6-13(9-19)18(2)15-5-7-16-11-17-15/h3-5,7,11,13H,6,8-10H2,1-2H3. The van der Waals surface area contributed by atoms with E-state index in [9.17, 15) is 0 Å². The Morgan fingerprint density at radius 3 is 3.00 bits per heavy atom. The van der Waals surface area contributed by atoms with E-state index >= 15 is 0 Å². The van der Waals surface area contributed by atoms with Crippen LogP contribution in [0, 0.1) is 6.92 Å². The number of hydrogen-bond donors (Lipinski definition) is 0. The van der Waals surface area contributed by atoms with Crippen LogP contribution in [-0.4, -0.2) is 41.0 Å². The number of aromatic nitrogens is 2. The van der Waals surface area contributed by atoms with Gasteiger partial charge in [0.15, 0.2) is 0 Å². The third-order valence-corrected chi connectivity index (χ3v) is 3.90. The summed E-state index contributed by atoms with van der Waals surface area (Å²) in [5.74, 6) is 3.02. The van der Waals surface area contributed by atoms with Gasteiger partial charge in [-0.05, 0) is 31.5 Å². The zero-order valence-electron chi connectivity index (χ0n) is 12.0. The van der Waals surface area contributed by atoms with Gasteiger partial charge >= 0.3 is 0 Å². The van der Waals surface area contributed by atoms with Gasteiger partial charge in [0, 0.05) is 32.4 Å². The lowest BCUT2D eigenvalue weighted by Gasteiger charge is -2.25. The fraction of sp³-hybridized carbons (Fsp3) is 0.467. The summed E-state index contributed by atoms with van der Waals surface area (Å²) in [5.41, 5.74) is 0. The molecular weight excluding hydrogens is 252 g/mol. The Morgan fingerprint density at radius 1 is 1.40 bits per heavy atom. The van der Waals surface area contributed by atoms with Gasteiger partial charge in [-0.1, -0.05) is 0 Å². The highest BCUT2D eigenvalue weighted by Gasteiger charge is 2.26. The molecule has 2 aromatic heterocycles. The predicted octanol–water partition coefficient (Wildman–Crippen LogP) is 2.09. The number of likely N-dealkylation sites (N-methyl/N-ethyl adjacent to an activating group) is 1. The van der Waals surface area contributed by atoms with Crippen molar-refractivity contribution in [1.82, 2.24) is 14.9 Å². The van der Waals surface area contributed by atoms with E-state index in [-0.39, 0.29) is 0 Å². The lowest BCUT2D eigenvalue weighted by Crippen LogP contribution is -2.34. The molecule has 1 unspecified atom stereocenters. The largest absolute Gasteiger partial charge is 0.465 e. The van der Waals surface area contributed by atoms with Gasteiger partial charge in [-0.2, -0.15) is 0 Å². The quantitative estimate of drug-likeness (QED) is 0.853. The van der Waals surface area contributed by atoms with Crippen molar-refractivity contribution in [2.75, 3.05) is 25.0 Å². The molecule has 1 fully saturated rings. The maximum atomic E-state index is 5.65. The summed E-state index contributed by atoms with van der Waals surface area (Å²) in [6.45, 7) is 5.02. The van der Waals surface area contributed by atoms with E-state index in [0.29, 0.717) is 6.04 Å². The van der Waals surface area contributed by atoms with Crippen molar-refractivity contribution in [3.8, 4) is 0 Å². The van der Waals surface area contributed by atoms with Crippen LogP contribution in [0.25, 0.3) is 0 Å². The third-order valence-electron chi connectivity index (χ3n) is 3.90. The highest BCUT2D eigenvalue weighted by atomic mass is 16.3. The second kappa shape index (κ2) is 5.63. The number of hydrogen-bond acceptors (Lipinski definition) is 5. The molecule has 1 saturated heterocycles. The second-order valence-corrected chi connectivity index (χ2v) is 5.37. The molecule has 0 amide bonds. The van der Waals surface area contributed by atoms with Gasteiger partial charge < -0.3 is 9.32 Å². The number of anilines is 1. The van der Waals surface area contributed by atoms with Crippen molar-refractivity contribution >= 4 is 5.82 Å². The summed E-state index contributed by atoms with van der Waals surface area (Å²) >= 11 is 0. The molecule has 20 heavy (non-hydrogen) atoms. The van der Waals surface area contributed by atoms with Crippen LogP contribution in [0.3, 0.4) is 0 Å². The fourth-order valence-corrected chi connectivity index (χ4v) is 2.74. The summed E-state index contributed by atoms with van der Waals surface area (Å²) in [7, 11) is 2.10. The van der Waals surface area contributed by atoms with E-state index in [4.69, 9.17) is 4.42 Å². The first-order chi connectivity index (χ1) is 9.72. The minimum Gasteiger partial charge on any atom is -0.465 e. The van der Waals surface area contributed by atoms with Crippen molar-refractivity contribution in [1.29, 1.82) is 0 Å². The lowest BCUT2D eigenvalue weighted by atomic mass is 10.2. The second-order valence-electron chi connectivity index (χ2n) is 5.37. The van der Waals surface area contributed by atoms with Crippen LogP contribution in [0.4, 0.5) is 5.82 Å². The van der Waals surface area contributed by atoms with E-state index < -0.39 is 0 Å². The average Bonchev–Trinajstić information content (AvgIpc) is 3.09. The Bertz CT molecular complexity index is 554. The van der Waals surface area contributed by atoms with Crippen molar-refractivity contribution in [2.45, 2.75) is 25.9 Å². The van der Waals surface area contributed by atoms with Crippen LogP contribution >= 0.6 is 0 Å². The summed E-state index contributed by atoms with van der Waals surface area (Å²) in [5, 5.41) is 0. The highest BCUT2D eigenvalue weighted by molar-refractivity contribution is 5.37. The van der Waals surface area contributed by atoms with E-state index in [0.717, 1.165) is 43.4 Å². The van der Waals surface area contributed by atoms with Gasteiger partial charge in [-0.25, -0.2) is 9.97 Å². The Morgan fingerprint density at radius 2 is 2.30 bits per heavy atom. The van der Waals surface area contributed by atoms with Crippen molar-refractivity contribution < 1.29 is 4.42 Å². The molecule has 0 aliphatic carbocycles. The Hall–Kier alpha value is -1.88. The first-order valence-corrected chi connectivity index (χ1v) is 6.99. The first-order valence-electron chi connectivity index (χ1n) is 6.99. The first kappa shape index (κ1) is 13.1. The molecule has 3 rings (SSSR count). The van der Waals surface area contributed by atoms with Crippen LogP contribution < -0.4 is 4.90 Å². The maximum Gasteiger partial charge on any atom is 0.131 e. The third kappa shape index (κ3) is 2.82. The molecule has 0 aromatic carbocycles. The normalized spacial score (nSPS) is 19.4. The molecule has 1 atom stereocenters. The Balaban J connectivity index is 1.59. The maximum absolute atomic E-state index is 5.65. The summed E-state index contributed by atoms with van der Waals surface area (Å²) in [6, 6.07) is 6.55. The number of aryl methyl sites for hydroxylation is 1. The molecular formula is C15H20N4O. The molecule has 5 heteroatoms. The Labute approximate surface area is 119 Å². The van der Waals surface area contributed by atoms with Crippen molar-refractivity contribution in [3.05, 3.63) is 42.2 Å². The topological polar surface area (TPSA) is 45.4 Å². The van der Waals surface area contributed by atoms with Gasteiger partial charge in [0.25, 0.3) is 0 Å². The van der Waals surface area contributed by atoms with Crippen molar-refractivity contribution in [3.63, 3.8) is 0 Å². The van der Waals surface area contributed by atoms with Crippen LogP contribution in [0.1, 0.15) is 17.9 Å². The molecule has 0 radical (unpaired) electrons. The highest BCUT2D eigenvalue weighted by Crippen LogP contribution is 2.21. The molecule has 106 valence electrons. The molecule has 0 bridgehead atoms. The summed E-state index contributed by atoms with van der Waals surface area (Å²) in [6.07, 6.45) is 4.54. The van der Waals surface area contributed by atoms with E-state index in [1.807, 2.05) is 19.1 Å². The van der Waals surface area contributed by atoms with Crippen molar-refractivity contribution in [2.24, 2.45) is 0 Å². The number of rotatable bonds is 4. The minimum absolute atomic E-state index is 0.501. The van der Waals surface area contributed by atoms with Gasteiger partial charge in [0.05, 0.1) is 6.54 Å². The molecule has 0 N–H and O–H groups in total. The van der Waals surface area contributed by atoms with Crippen LogP contribution in [-0.2, 0) is 6.54 Å².